The molecule has 2 rings (SSSR count). The minimum atomic E-state index is -4.18. The van der Waals surface area contributed by atoms with Crippen LogP contribution in [0.4, 0.5) is 13.2 Å². The summed E-state index contributed by atoms with van der Waals surface area (Å²) in [6.07, 6.45) is -2.10. The predicted octanol–water partition coefficient (Wildman–Crippen LogP) is 4.28. The number of furan rings is 1. The highest BCUT2D eigenvalue weighted by Gasteiger charge is 2.27. The minimum Gasteiger partial charge on any atom is -0.464 e. The minimum absolute atomic E-state index is 0.276. The van der Waals surface area contributed by atoms with E-state index in [9.17, 15) is 13.2 Å². The first kappa shape index (κ1) is 14.4. The van der Waals surface area contributed by atoms with Gasteiger partial charge in [0.2, 0.25) is 0 Å². The van der Waals surface area contributed by atoms with Crippen molar-refractivity contribution >= 4 is 26.9 Å². The number of rotatable bonds is 4. The van der Waals surface area contributed by atoms with Gasteiger partial charge in [-0.2, -0.15) is 13.2 Å². The molecule has 0 fully saturated rings. The third-order valence-electron chi connectivity index (χ3n) is 2.79. The average Bonchev–Trinajstić information content (AvgIpc) is 2.68. The molecule has 0 aliphatic heterocycles. The Bertz CT molecular complexity index is 565. The van der Waals surface area contributed by atoms with E-state index in [0.29, 0.717) is 6.42 Å². The molecule has 19 heavy (non-hydrogen) atoms. The maximum Gasteiger partial charge on any atom is 0.401 e. The molecule has 0 aliphatic rings. The monoisotopic (exact) mass is 335 g/mol. The highest BCUT2D eigenvalue weighted by Crippen LogP contribution is 2.26. The van der Waals surface area contributed by atoms with Crippen LogP contribution in [0.25, 0.3) is 11.0 Å². The summed E-state index contributed by atoms with van der Waals surface area (Å²) in [5, 5.41) is 3.39. The molecule has 1 unspecified atom stereocenters. The van der Waals surface area contributed by atoms with Gasteiger partial charge in [0.15, 0.2) is 0 Å². The summed E-state index contributed by atoms with van der Waals surface area (Å²) in [6, 6.07) is 5.32. The number of benzene rings is 1. The second-order valence-electron chi connectivity index (χ2n) is 4.50. The molecule has 1 N–H and O–H groups in total. The molecule has 2 aromatic rings. The summed E-state index contributed by atoms with van der Waals surface area (Å²) in [7, 11) is 0. The number of hydrogen-bond acceptors (Lipinski definition) is 2. The Kier molecular flexibility index (Phi) is 4.20. The average molecular weight is 336 g/mol. The zero-order valence-electron chi connectivity index (χ0n) is 10.2. The highest BCUT2D eigenvalue weighted by atomic mass is 79.9. The van der Waals surface area contributed by atoms with E-state index in [0.717, 1.165) is 21.0 Å². The van der Waals surface area contributed by atoms with Gasteiger partial charge >= 0.3 is 6.18 Å². The van der Waals surface area contributed by atoms with Crippen molar-refractivity contribution in [1.82, 2.24) is 5.32 Å². The fourth-order valence-corrected chi connectivity index (χ4v) is 2.27. The molecule has 1 aromatic carbocycles. The Morgan fingerprint density at radius 1 is 1.37 bits per heavy atom. The molecule has 1 aromatic heterocycles. The Morgan fingerprint density at radius 2 is 2.11 bits per heavy atom. The molecule has 2 nitrogen and oxygen atoms in total. The van der Waals surface area contributed by atoms with Crippen molar-refractivity contribution in [1.29, 1.82) is 0 Å². The standard InChI is InChI=1S/C13H13BrF3NO/c1-8(18-7-13(15,16)17)4-9-6-19-12-3-2-10(14)5-11(9)12/h2-3,5-6,8,18H,4,7H2,1H3. The highest BCUT2D eigenvalue weighted by molar-refractivity contribution is 9.10. The Labute approximate surface area is 117 Å². The topological polar surface area (TPSA) is 25.2 Å². The van der Waals surface area contributed by atoms with Gasteiger partial charge in [0, 0.05) is 15.9 Å². The van der Waals surface area contributed by atoms with Gasteiger partial charge < -0.3 is 9.73 Å². The van der Waals surface area contributed by atoms with Gasteiger partial charge in [0.1, 0.15) is 5.58 Å². The largest absolute Gasteiger partial charge is 0.464 e. The van der Waals surface area contributed by atoms with Gasteiger partial charge in [0.25, 0.3) is 0 Å². The molecular weight excluding hydrogens is 323 g/mol. The van der Waals surface area contributed by atoms with E-state index in [-0.39, 0.29) is 6.04 Å². The van der Waals surface area contributed by atoms with Crippen LogP contribution in [0.5, 0.6) is 0 Å². The van der Waals surface area contributed by atoms with Crippen molar-refractivity contribution in [2.45, 2.75) is 25.6 Å². The van der Waals surface area contributed by atoms with E-state index in [1.165, 1.54) is 0 Å². The SMILES string of the molecule is CC(Cc1coc2ccc(Br)cc12)NCC(F)(F)F. The smallest absolute Gasteiger partial charge is 0.401 e. The molecular formula is C13H13BrF3NO. The summed E-state index contributed by atoms with van der Waals surface area (Å²) in [4.78, 5) is 0. The van der Waals surface area contributed by atoms with Gasteiger partial charge in [-0.1, -0.05) is 15.9 Å². The van der Waals surface area contributed by atoms with Crippen LogP contribution < -0.4 is 5.32 Å². The number of nitrogens with one attached hydrogen (secondary N) is 1. The zero-order chi connectivity index (χ0) is 14.0. The van der Waals surface area contributed by atoms with Gasteiger partial charge in [-0.3, -0.25) is 0 Å². The fraction of sp³-hybridized carbons (Fsp3) is 0.385. The van der Waals surface area contributed by atoms with Crippen LogP contribution in [-0.2, 0) is 6.42 Å². The maximum atomic E-state index is 12.1. The van der Waals surface area contributed by atoms with Crippen molar-refractivity contribution in [3.63, 3.8) is 0 Å². The summed E-state index contributed by atoms with van der Waals surface area (Å²) >= 11 is 3.37. The molecule has 0 saturated heterocycles. The van der Waals surface area contributed by atoms with Crippen LogP contribution in [0.3, 0.4) is 0 Å². The molecule has 0 radical (unpaired) electrons. The summed E-state index contributed by atoms with van der Waals surface area (Å²) in [6.45, 7) is 0.746. The lowest BCUT2D eigenvalue weighted by molar-refractivity contribution is -0.126. The molecule has 0 aliphatic carbocycles. The van der Waals surface area contributed by atoms with Crippen LogP contribution >= 0.6 is 15.9 Å². The second-order valence-corrected chi connectivity index (χ2v) is 5.42. The molecule has 6 heteroatoms. The Morgan fingerprint density at radius 3 is 2.79 bits per heavy atom. The molecule has 1 atom stereocenters. The third-order valence-corrected chi connectivity index (χ3v) is 3.29. The quantitative estimate of drug-likeness (QED) is 0.902. The lowest BCUT2D eigenvalue weighted by Crippen LogP contribution is -2.36. The first-order valence-electron chi connectivity index (χ1n) is 5.81. The molecule has 0 spiro atoms. The van der Waals surface area contributed by atoms with Crippen molar-refractivity contribution in [3.8, 4) is 0 Å². The van der Waals surface area contributed by atoms with Crippen molar-refractivity contribution in [3.05, 3.63) is 34.5 Å². The lowest BCUT2D eigenvalue weighted by atomic mass is 10.1. The van der Waals surface area contributed by atoms with Gasteiger partial charge in [-0.15, -0.1) is 0 Å². The molecule has 1 heterocycles. The normalized spacial score (nSPS) is 13.9. The lowest BCUT2D eigenvalue weighted by Gasteiger charge is -2.14. The van der Waals surface area contributed by atoms with E-state index in [1.54, 1.807) is 13.2 Å². The Balaban J connectivity index is 2.06. The van der Waals surface area contributed by atoms with Gasteiger partial charge in [-0.25, -0.2) is 0 Å². The summed E-state index contributed by atoms with van der Waals surface area (Å²) < 4.78 is 42.6. The van der Waals surface area contributed by atoms with Crippen LogP contribution in [0, 0.1) is 0 Å². The van der Waals surface area contributed by atoms with E-state index in [2.05, 4.69) is 21.2 Å². The van der Waals surface area contributed by atoms with Crippen LogP contribution in [0.15, 0.2) is 33.4 Å². The van der Waals surface area contributed by atoms with Crippen LogP contribution in [0.2, 0.25) is 0 Å². The predicted molar refractivity (Wildman–Crippen MR) is 71.1 cm³/mol. The number of fused-ring (bicyclic) bond motifs is 1. The van der Waals surface area contributed by atoms with E-state index in [4.69, 9.17) is 4.42 Å². The maximum absolute atomic E-state index is 12.1. The van der Waals surface area contributed by atoms with Crippen LogP contribution in [-0.4, -0.2) is 18.8 Å². The van der Waals surface area contributed by atoms with Crippen molar-refractivity contribution in [2.24, 2.45) is 0 Å². The molecule has 104 valence electrons. The number of alkyl halides is 3. The molecule has 0 saturated carbocycles. The summed E-state index contributed by atoms with van der Waals surface area (Å²) in [5.41, 5.74) is 1.64. The van der Waals surface area contributed by atoms with E-state index in [1.807, 2.05) is 18.2 Å². The van der Waals surface area contributed by atoms with Crippen molar-refractivity contribution in [2.75, 3.05) is 6.54 Å². The third kappa shape index (κ3) is 3.98. The fourth-order valence-electron chi connectivity index (χ4n) is 1.90. The Hall–Kier alpha value is -1.01. The zero-order valence-corrected chi connectivity index (χ0v) is 11.8. The van der Waals surface area contributed by atoms with Gasteiger partial charge in [0.05, 0.1) is 12.8 Å². The first-order chi connectivity index (χ1) is 8.85. The summed E-state index contributed by atoms with van der Waals surface area (Å²) in [5.74, 6) is 0. The van der Waals surface area contributed by atoms with E-state index < -0.39 is 12.7 Å². The van der Waals surface area contributed by atoms with Crippen LogP contribution in [0.1, 0.15) is 12.5 Å². The molecule has 0 amide bonds. The second kappa shape index (κ2) is 5.54. The van der Waals surface area contributed by atoms with Gasteiger partial charge in [-0.05, 0) is 37.1 Å². The number of halogens is 4. The molecule has 0 bridgehead atoms. The first-order valence-corrected chi connectivity index (χ1v) is 6.60. The van der Waals surface area contributed by atoms with E-state index >= 15 is 0 Å². The van der Waals surface area contributed by atoms with Crippen molar-refractivity contribution < 1.29 is 17.6 Å². The number of hydrogen-bond donors (Lipinski definition) is 1.